The van der Waals surface area contributed by atoms with Gasteiger partial charge >= 0.3 is 0 Å². The van der Waals surface area contributed by atoms with Crippen molar-refractivity contribution in [2.45, 2.75) is 230 Å². The molecular weight excluding hydrogens is 647 g/mol. The van der Waals surface area contributed by atoms with Crippen LogP contribution in [0.3, 0.4) is 0 Å². The van der Waals surface area contributed by atoms with Gasteiger partial charge in [-0.05, 0) is 141 Å². The Morgan fingerprint density at radius 1 is 0.264 bits per heavy atom. The van der Waals surface area contributed by atoms with Crippen LogP contribution in [-0.2, 0) is 4.74 Å². The van der Waals surface area contributed by atoms with Crippen molar-refractivity contribution in [3.8, 4) is 0 Å². The molecule has 2 heterocycles. The SMILES string of the molecule is C1CCC(C2CCCC(C3NC(C4CCCC(C5CCCCC5)C4)NC(C4CC5OC6CCC(C7CCCCC7)CC6C5C5CCCCC45)N3)C2)CC1. The second-order valence-corrected chi connectivity index (χ2v) is 22.0. The molecule has 10 fully saturated rings. The van der Waals surface area contributed by atoms with Crippen LogP contribution >= 0.6 is 0 Å². The summed E-state index contributed by atoms with van der Waals surface area (Å²) in [6, 6.07) is 0. The molecule has 4 nitrogen and oxygen atoms in total. The maximum absolute atomic E-state index is 7.35. The molecule has 53 heavy (non-hydrogen) atoms. The fourth-order valence-electron chi connectivity index (χ4n) is 17.0. The zero-order valence-corrected chi connectivity index (χ0v) is 34.2. The first-order chi connectivity index (χ1) is 26.2. The highest BCUT2D eigenvalue weighted by Crippen LogP contribution is 2.59. The number of hydrogen-bond acceptors (Lipinski definition) is 4. The average molecular weight is 730 g/mol. The monoisotopic (exact) mass is 730 g/mol. The Balaban J connectivity index is 0.888. The third kappa shape index (κ3) is 7.88. The van der Waals surface area contributed by atoms with Gasteiger partial charge in [0.05, 0.1) is 30.7 Å². The molecule has 2 aliphatic heterocycles. The first-order valence-electron chi connectivity index (χ1n) is 25.2. The van der Waals surface area contributed by atoms with Gasteiger partial charge in [-0.25, -0.2) is 0 Å². The van der Waals surface area contributed by atoms with E-state index in [1.54, 1.807) is 0 Å². The number of fused-ring (bicyclic) bond motifs is 5. The molecule has 0 radical (unpaired) electrons. The zero-order valence-electron chi connectivity index (χ0n) is 34.2. The van der Waals surface area contributed by atoms with Crippen LogP contribution in [0.15, 0.2) is 0 Å². The summed E-state index contributed by atoms with van der Waals surface area (Å²) in [6.07, 6.45) is 48.7. The summed E-state index contributed by atoms with van der Waals surface area (Å²) in [5, 5.41) is 13.5. The molecule has 14 atom stereocenters. The van der Waals surface area contributed by atoms with Crippen LogP contribution in [0.5, 0.6) is 0 Å². The maximum atomic E-state index is 7.35. The average Bonchev–Trinajstić information content (AvgIpc) is 3.62. The Kier molecular flexibility index (Phi) is 11.9. The van der Waals surface area contributed by atoms with E-state index in [2.05, 4.69) is 16.0 Å². The van der Waals surface area contributed by atoms with E-state index >= 15 is 0 Å². The molecule has 8 saturated carbocycles. The fourth-order valence-corrected chi connectivity index (χ4v) is 17.0. The summed E-state index contributed by atoms with van der Waals surface area (Å²) in [5.41, 5.74) is 0. The Labute approximate surface area is 326 Å². The van der Waals surface area contributed by atoms with Gasteiger partial charge in [-0.1, -0.05) is 135 Å². The van der Waals surface area contributed by atoms with E-state index in [1.807, 2.05) is 0 Å². The van der Waals surface area contributed by atoms with Crippen molar-refractivity contribution >= 4 is 0 Å². The minimum atomic E-state index is 0.462. The molecule has 0 aromatic carbocycles. The lowest BCUT2D eigenvalue weighted by Gasteiger charge is -2.55. The van der Waals surface area contributed by atoms with E-state index in [9.17, 15) is 0 Å². The molecule has 3 N–H and O–H groups in total. The molecule has 0 aromatic rings. The molecule has 2 saturated heterocycles. The van der Waals surface area contributed by atoms with Crippen molar-refractivity contribution in [2.24, 2.45) is 76.9 Å². The first-order valence-corrected chi connectivity index (χ1v) is 25.2. The molecule has 0 bridgehead atoms. The van der Waals surface area contributed by atoms with Crippen LogP contribution in [0.4, 0.5) is 0 Å². The summed E-state index contributed by atoms with van der Waals surface area (Å²) in [7, 11) is 0. The molecule has 14 unspecified atom stereocenters. The third-order valence-electron chi connectivity index (χ3n) is 19.5. The van der Waals surface area contributed by atoms with Gasteiger partial charge in [0.15, 0.2) is 0 Å². The van der Waals surface area contributed by atoms with E-state index in [1.165, 1.54) is 199 Å². The lowest BCUT2D eigenvalue weighted by atomic mass is 9.55. The van der Waals surface area contributed by atoms with Gasteiger partial charge in [-0.2, -0.15) is 0 Å². The van der Waals surface area contributed by atoms with Gasteiger partial charge < -0.3 is 4.74 Å². The van der Waals surface area contributed by atoms with Gasteiger partial charge in [0.2, 0.25) is 0 Å². The zero-order chi connectivity index (χ0) is 35.1. The second kappa shape index (κ2) is 17.0. The maximum Gasteiger partial charge on any atom is 0.0628 e. The highest BCUT2D eigenvalue weighted by atomic mass is 16.5. The standard InChI is InChI=1S/C49H83N3O/c1-4-14-32(15-5-1)35-20-12-22-38(28-35)47-50-48(39-23-13-21-36(29-39)33-16-6-2-7-17-33)52-49(51-47)42-31-45-46(41-25-11-10-24-40(41)42)43-30-37(26-27-44(43)53-45)34-18-8-3-9-19-34/h32-52H,1-31H2. The van der Waals surface area contributed by atoms with E-state index in [-0.39, 0.29) is 0 Å². The number of nitrogens with one attached hydrogen (secondary N) is 3. The van der Waals surface area contributed by atoms with Crippen LogP contribution < -0.4 is 16.0 Å². The highest BCUT2D eigenvalue weighted by molar-refractivity contribution is 5.07. The van der Waals surface area contributed by atoms with Crippen LogP contribution in [0.2, 0.25) is 0 Å². The van der Waals surface area contributed by atoms with E-state index in [0.29, 0.717) is 30.7 Å². The Bertz CT molecular complexity index is 1110. The van der Waals surface area contributed by atoms with Crippen molar-refractivity contribution in [3.63, 3.8) is 0 Å². The first kappa shape index (κ1) is 37.1. The molecule has 10 aliphatic rings. The molecule has 8 aliphatic carbocycles. The topological polar surface area (TPSA) is 45.3 Å². The molecular formula is C49H83N3O. The predicted octanol–water partition coefficient (Wildman–Crippen LogP) is 11.7. The summed E-state index contributed by atoms with van der Waals surface area (Å²) in [4.78, 5) is 0. The minimum Gasteiger partial charge on any atom is -0.374 e. The third-order valence-corrected chi connectivity index (χ3v) is 19.5. The van der Waals surface area contributed by atoms with Crippen molar-refractivity contribution in [1.29, 1.82) is 0 Å². The molecule has 0 aromatic heterocycles. The Morgan fingerprint density at radius 3 is 1.28 bits per heavy atom. The summed E-state index contributed by atoms with van der Waals surface area (Å²) >= 11 is 0. The predicted molar refractivity (Wildman–Crippen MR) is 218 cm³/mol. The number of rotatable bonds is 6. The van der Waals surface area contributed by atoms with Crippen molar-refractivity contribution in [2.75, 3.05) is 0 Å². The van der Waals surface area contributed by atoms with E-state index < -0.39 is 0 Å². The summed E-state index contributed by atoms with van der Waals surface area (Å²) in [6.45, 7) is 0. The smallest absolute Gasteiger partial charge is 0.0628 e. The van der Waals surface area contributed by atoms with Crippen molar-refractivity contribution in [3.05, 3.63) is 0 Å². The quantitative estimate of drug-likeness (QED) is 0.255. The van der Waals surface area contributed by atoms with Gasteiger partial charge in [-0.15, -0.1) is 0 Å². The summed E-state index contributed by atoms with van der Waals surface area (Å²) < 4.78 is 7.35. The van der Waals surface area contributed by atoms with Crippen molar-refractivity contribution < 1.29 is 4.74 Å². The van der Waals surface area contributed by atoms with Gasteiger partial charge in [0.25, 0.3) is 0 Å². The van der Waals surface area contributed by atoms with Crippen molar-refractivity contribution in [1.82, 2.24) is 16.0 Å². The lowest BCUT2D eigenvalue weighted by molar-refractivity contribution is -0.0723. The van der Waals surface area contributed by atoms with E-state index in [0.717, 1.165) is 76.9 Å². The van der Waals surface area contributed by atoms with Crippen LogP contribution in [0.1, 0.15) is 199 Å². The Morgan fingerprint density at radius 2 is 0.717 bits per heavy atom. The molecule has 0 amide bonds. The molecule has 10 rings (SSSR count). The van der Waals surface area contributed by atoms with Crippen LogP contribution in [0, 0.1) is 76.9 Å². The molecule has 300 valence electrons. The number of hydrogen-bond donors (Lipinski definition) is 3. The highest BCUT2D eigenvalue weighted by Gasteiger charge is 2.58. The normalized spacial score (nSPS) is 49.5. The summed E-state index contributed by atoms with van der Waals surface area (Å²) in [5.74, 6) is 12.0. The molecule has 4 heteroatoms. The largest absolute Gasteiger partial charge is 0.374 e. The Hall–Kier alpha value is -0.160. The number of ether oxygens (including phenoxy) is 1. The second-order valence-electron chi connectivity index (χ2n) is 22.0. The van der Waals surface area contributed by atoms with Gasteiger partial charge in [0, 0.05) is 0 Å². The van der Waals surface area contributed by atoms with Crippen LogP contribution in [0.25, 0.3) is 0 Å². The van der Waals surface area contributed by atoms with Crippen LogP contribution in [-0.4, -0.2) is 30.7 Å². The minimum absolute atomic E-state index is 0.462. The lowest BCUT2D eigenvalue weighted by Crippen LogP contribution is -2.74. The molecule has 0 spiro atoms. The van der Waals surface area contributed by atoms with E-state index in [4.69, 9.17) is 4.74 Å². The van der Waals surface area contributed by atoms with Gasteiger partial charge in [0.1, 0.15) is 0 Å². The fraction of sp³-hybridized carbons (Fsp3) is 1.00. The van der Waals surface area contributed by atoms with Gasteiger partial charge in [-0.3, -0.25) is 16.0 Å².